The molecule has 15 heavy (non-hydrogen) atoms. The fraction of sp³-hybridized carbons (Fsp3) is 0.400. The van der Waals surface area contributed by atoms with Crippen molar-refractivity contribution in [3.63, 3.8) is 0 Å². The van der Waals surface area contributed by atoms with Gasteiger partial charge in [-0.3, -0.25) is 0 Å². The molecule has 3 nitrogen and oxygen atoms in total. The molecule has 0 N–H and O–H groups in total. The third kappa shape index (κ3) is 1.96. The lowest BCUT2D eigenvalue weighted by molar-refractivity contribution is 0.794. The number of rotatable bonds is 3. The predicted octanol–water partition coefficient (Wildman–Crippen LogP) is 2.76. The number of fused-ring (bicyclic) bond motifs is 1. The van der Waals surface area contributed by atoms with Gasteiger partial charge in [-0.1, -0.05) is 11.6 Å². The first kappa shape index (κ1) is 10.8. The molecule has 0 fully saturated rings. The largest absolute Gasteiger partial charge is 0.331 e. The first-order valence-corrected chi connectivity index (χ1v) is 6.46. The van der Waals surface area contributed by atoms with Gasteiger partial charge in [0.15, 0.2) is 0 Å². The van der Waals surface area contributed by atoms with Gasteiger partial charge < -0.3 is 4.57 Å². The van der Waals surface area contributed by atoms with E-state index in [4.69, 9.17) is 11.6 Å². The molecule has 0 atom stereocenters. The highest BCUT2D eigenvalue weighted by atomic mass is 35.5. The Morgan fingerprint density at radius 1 is 1.47 bits per heavy atom. The number of nitrogens with zero attached hydrogens (tertiary/aromatic N) is 3. The smallest absolute Gasteiger partial charge is 0.145 e. The second kappa shape index (κ2) is 4.41. The van der Waals surface area contributed by atoms with Gasteiger partial charge in [0, 0.05) is 18.5 Å². The number of aryl methyl sites for hydroxylation is 2. The lowest BCUT2D eigenvalue weighted by Gasteiger charge is -2.02. The minimum absolute atomic E-state index is 0.542. The Kier molecular flexibility index (Phi) is 3.17. The molecule has 0 saturated heterocycles. The molecule has 0 bridgehead atoms. The van der Waals surface area contributed by atoms with Crippen molar-refractivity contribution in [1.29, 1.82) is 0 Å². The summed E-state index contributed by atoms with van der Waals surface area (Å²) in [5, 5.41) is 1.51. The summed E-state index contributed by atoms with van der Waals surface area (Å²) in [4.78, 5) is 8.27. The molecule has 0 aliphatic carbocycles. The quantitative estimate of drug-likeness (QED) is 0.775. The van der Waals surface area contributed by atoms with Crippen LogP contribution < -0.4 is 0 Å². The van der Waals surface area contributed by atoms with Gasteiger partial charge in [0.1, 0.15) is 17.1 Å². The molecule has 80 valence electrons. The van der Waals surface area contributed by atoms with Crippen LogP contribution in [0, 0.1) is 6.92 Å². The Balaban J connectivity index is 2.53. The van der Waals surface area contributed by atoms with E-state index in [1.54, 1.807) is 0 Å². The molecule has 0 aliphatic rings. The second-order valence-electron chi connectivity index (χ2n) is 3.36. The highest BCUT2D eigenvalue weighted by molar-refractivity contribution is 7.98. The van der Waals surface area contributed by atoms with Crippen molar-refractivity contribution in [2.24, 2.45) is 0 Å². The maximum absolute atomic E-state index is 6.04. The number of thioether (sulfide) groups is 1. The molecule has 0 aromatic carbocycles. The summed E-state index contributed by atoms with van der Waals surface area (Å²) in [5.41, 5.74) is 2.07. The Hall–Kier alpha value is -0.740. The molecule has 5 heteroatoms. The molecule has 2 aromatic rings. The fourth-order valence-corrected chi connectivity index (χ4v) is 2.29. The van der Waals surface area contributed by atoms with Crippen LogP contribution in [0.3, 0.4) is 0 Å². The summed E-state index contributed by atoms with van der Waals surface area (Å²) in [7, 11) is 0. The summed E-state index contributed by atoms with van der Waals surface area (Å²) in [6.45, 7) is 2.99. The molecule has 2 heterocycles. The van der Waals surface area contributed by atoms with Crippen molar-refractivity contribution >= 4 is 34.4 Å². The SMILES string of the molecule is CSCCn1cc(C)c2c(Cl)ncnc21. The zero-order valence-corrected chi connectivity index (χ0v) is 10.3. The maximum Gasteiger partial charge on any atom is 0.145 e. The highest BCUT2D eigenvalue weighted by Gasteiger charge is 2.10. The minimum Gasteiger partial charge on any atom is -0.331 e. The number of halogens is 1. The first-order chi connectivity index (χ1) is 7.24. The van der Waals surface area contributed by atoms with E-state index in [2.05, 4.69) is 27.0 Å². The molecule has 0 aliphatic heterocycles. The van der Waals surface area contributed by atoms with Crippen molar-refractivity contribution < 1.29 is 0 Å². The van der Waals surface area contributed by atoms with Gasteiger partial charge in [-0.25, -0.2) is 9.97 Å². The summed E-state index contributed by atoms with van der Waals surface area (Å²) in [6.07, 6.45) is 5.70. The molecule has 0 amide bonds. The van der Waals surface area contributed by atoms with Crippen molar-refractivity contribution in [1.82, 2.24) is 14.5 Å². The molecule has 2 aromatic heterocycles. The van der Waals surface area contributed by atoms with Crippen LogP contribution in [-0.4, -0.2) is 26.5 Å². The predicted molar refractivity (Wildman–Crippen MR) is 65.7 cm³/mol. The normalized spacial score (nSPS) is 11.1. The van der Waals surface area contributed by atoms with E-state index in [0.29, 0.717) is 5.15 Å². The lowest BCUT2D eigenvalue weighted by Crippen LogP contribution is -1.99. The summed E-state index contributed by atoms with van der Waals surface area (Å²) in [6, 6.07) is 0. The van der Waals surface area contributed by atoms with Crippen LogP contribution in [0.4, 0.5) is 0 Å². The average Bonchev–Trinajstić information content (AvgIpc) is 2.54. The standard InChI is InChI=1S/C10H12ClN3S/c1-7-5-14(3-4-15-2)10-8(7)9(11)12-6-13-10/h5-6H,3-4H2,1-2H3. The van der Waals surface area contributed by atoms with Crippen LogP contribution in [0.15, 0.2) is 12.5 Å². The summed E-state index contributed by atoms with van der Waals surface area (Å²) in [5.74, 6) is 1.07. The van der Waals surface area contributed by atoms with Gasteiger partial charge in [-0.05, 0) is 18.7 Å². The van der Waals surface area contributed by atoms with Crippen LogP contribution in [0.2, 0.25) is 5.15 Å². The zero-order valence-electron chi connectivity index (χ0n) is 8.70. The van der Waals surface area contributed by atoms with E-state index in [1.165, 1.54) is 6.33 Å². The van der Waals surface area contributed by atoms with E-state index < -0.39 is 0 Å². The van der Waals surface area contributed by atoms with Crippen LogP contribution >= 0.6 is 23.4 Å². The second-order valence-corrected chi connectivity index (χ2v) is 4.71. The molecular weight excluding hydrogens is 230 g/mol. The van der Waals surface area contributed by atoms with Gasteiger partial charge in [-0.2, -0.15) is 11.8 Å². The van der Waals surface area contributed by atoms with Crippen molar-refractivity contribution in [3.8, 4) is 0 Å². The Morgan fingerprint density at radius 2 is 2.27 bits per heavy atom. The van der Waals surface area contributed by atoms with E-state index >= 15 is 0 Å². The number of aromatic nitrogens is 3. The van der Waals surface area contributed by atoms with Crippen LogP contribution in [0.1, 0.15) is 5.56 Å². The van der Waals surface area contributed by atoms with E-state index in [0.717, 1.165) is 28.9 Å². The molecule has 0 saturated carbocycles. The molecule has 0 radical (unpaired) electrons. The molecule has 0 spiro atoms. The Bertz CT molecular complexity index is 481. The average molecular weight is 242 g/mol. The topological polar surface area (TPSA) is 30.7 Å². The number of hydrogen-bond donors (Lipinski definition) is 0. The van der Waals surface area contributed by atoms with Gasteiger partial charge in [0.25, 0.3) is 0 Å². The Morgan fingerprint density at radius 3 is 3.00 bits per heavy atom. The van der Waals surface area contributed by atoms with Gasteiger partial charge in [0.05, 0.1) is 5.39 Å². The van der Waals surface area contributed by atoms with Crippen molar-refractivity contribution in [2.75, 3.05) is 12.0 Å². The first-order valence-electron chi connectivity index (χ1n) is 4.69. The van der Waals surface area contributed by atoms with E-state index in [-0.39, 0.29) is 0 Å². The monoisotopic (exact) mass is 241 g/mol. The zero-order chi connectivity index (χ0) is 10.8. The summed E-state index contributed by atoms with van der Waals surface area (Å²) >= 11 is 7.86. The lowest BCUT2D eigenvalue weighted by atomic mass is 10.3. The highest BCUT2D eigenvalue weighted by Crippen LogP contribution is 2.24. The van der Waals surface area contributed by atoms with Crippen LogP contribution in [0.25, 0.3) is 11.0 Å². The Labute approximate surface area is 97.9 Å². The third-order valence-electron chi connectivity index (χ3n) is 2.33. The molecular formula is C10H12ClN3S. The molecule has 2 rings (SSSR count). The van der Waals surface area contributed by atoms with Gasteiger partial charge in [-0.15, -0.1) is 0 Å². The van der Waals surface area contributed by atoms with Gasteiger partial charge >= 0.3 is 0 Å². The maximum atomic E-state index is 6.04. The summed E-state index contributed by atoms with van der Waals surface area (Å²) < 4.78 is 2.13. The minimum atomic E-state index is 0.542. The number of hydrogen-bond acceptors (Lipinski definition) is 3. The molecule has 0 unspecified atom stereocenters. The van der Waals surface area contributed by atoms with Crippen LogP contribution in [0.5, 0.6) is 0 Å². The van der Waals surface area contributed by atoms with Crippen molar-refractivity contribution in [3.05, 3.63) is 23.2 Å². The fourth-order valence-electron chi connectivity index (χ4n) is 1.63. The van der Waals surface area contributed by atoms with Crippen molar-refractivity contribution in [2.45, 2.75) is 13.5 Å². The van der Waals surface area contributed by atoms with E-state index in [9.17, 15) is 0 Å². The third-order valence-corrected chi connectivity index (χ3v) is 3.21. The van der Waals surface area contributed by atoms with Crippen LogP contribution in [-0.2, 0) is 6.54 Å². The van der Waals surface area contributed by atoms with Gasteiger partial charge in [0.2, 0.25) is 0 Å². The van der Waals surface area contributed by atoms with E-state index in [1.807, 2.05) is 18.7 Å².